The molecule has 2 heterocycles. The second-order valence-electron chi connectivity index (χ2n) is 6.89. The first-order valence-corrected chi connectivity index (χ1v) is 9.83. The molecule has 28 heavy (non-hydrogen) atoms. The average molecular weight is 396 g/mol. The molecule has 1 fully saturated rings. The number of methoxy groups -OCH3 is 1. The van der Waals surface area contributed by atoms with Crippen molar-refractivity contribution in [2.75, 3.05) is 20.2 Å². The lowest BCUT2D eigenvalue weighted by Crippen LogP contribution is -2.36. The van der Waals surface area contributed by atoms with Gasteiger partial charge in [-0.05, 0) is 61.7 Å². The van der Waals surface area contributed by atoms with E-state index in [-0.39, 0.29) is 5.91 Å². The molecule has 2 aromatic carbocycles. The lowest BCUT2D eigenvalue weighted by atomic mass is 10.1. The van der Waals surface area contributed by atoms with E-state index in [1.165, 1.54) is 6.42 Å². The van der Waals surface area contributed by atoms with Crippen LogP contribution in [0.25, 0.3) is 16.9 Å². The Hall–Kier alpha value is -2.79. The minimum Gasteiger partial charge on any atom is -0.497 e. The summed E-state index contributed by atoms with van der Waals surface area (Å²) >= 11 is 6.04. The zero-order valence-electron chi connectivity index (χ0n) is 15.8. The molecule has 0 N–H and O–H groups in total. The van der Waals surface area contributed by atoms with Gasteiger partial charge in [-0.3, -0.25) is 4.79 Å². The van der Waals surface area contributed by atoms with Gasteiger partial charge >= 0.3 is 0 Å². The normalized spacial score (nSPS) is 14.1. The highest BCUT2D eigenvalue weighted by Crippen LogP contribution is 2.27. The van der Waals surface area contributed by atoms with E-state index in [9.17, 15) is 4.79 Å². The highest BCUT2D eigenvalue weighted by Gasteiger charge is 2.24. The summed E-state index contributed by atoms with van der Waals surface area (Å²) in [5.41, 5.74) is 3.00. The summed E-state index contributed by atoms with van der Waals surface area (Å²) in [5, 5.41) is 5.39. The third kappa shape index (κ3) is 3.76. The summed E-state index contributed by atoms with van der Waals surface area (Å²) in [5.74, 6) is 0.763. The van der Waals surface area contributed by atoms with Gasteiger partial charge < -0.3 is 9.64 Å². The minimum atomic E-state index is 0.0105. The molecule has 0 bridgehead atoms. The number of aromatic nitrogens is 2. The minimum absolute atomic E-state index is 0.0105. The Labute approximate surface area is 169 Å². The Morgan fingerprint density at radius 2 is 1.79 bits per heavy atom. The lowest BCUT2D eigenvalue weighted by molar-refractivity contribution is 0.0715. The van der Waals surface area contributed by atoms with Gasteiger partial charge in [0.15, 0.2) is 0 Å². The molecule has 0 unspecified atom stereocenters. The van der Waals surface area contributed by atoms with E-state index in [0.717, 1.165) is 48.6 Å². The molecule has 0 radical (unpaired) electrons. The van der Waals surface area contributed by atoms with Crippen molar-refractivity contribution in [2.24, 2.45) is 0 Å². The number of carbonyl (C=O) groups is 1. The summed E-state index contributed by atoms with van der Waals surface area (Å²) in [7, 11) is 1.64. The summed E-state index contributed by atoms with van der Waals surface area (Å²) in [6.07, 6.45) is 3.27. The topological polar surface area (TPSA) is 47.4 Å². The average Bonchev–Trinajstić information content (AvgIpc) is 3.20. The van der Waals surface area contributed by atoms with Gasteiger partial charge in [0.1, 0.15) is 11.4 Å². The maximum absolute atomic E-state index is 13.2. The molecule has 0 saturated carbocycles. The van der Waals surface area contributed by atoms with Crippen LogP contribution in [0.15, 0.2) is 54.6 Å². The monoisotopic (exact) mass is 395 g/mol. The quantitative estimate of drug-likeness (QED) is 0.635. The molecule has 5 nitrogen and oxygen atoms in total. The smallest absolute Gasteiger partial charge is 0.272 e. The van der Waals surface area contributed by atoms with E-state index in [4.69, 9.17) is 21.4 Å². The van der Waals surface area contributed by atoms with E-state index in [0.29, 0.717) is 10.7 Å². The first-order chi connectivity index (χ1) is 13.7. The Balaban J connectivity index is 1.79. The van der Waals surface area contributed by atoms with Crippen molar-refractivity contribution >= 4 is 17.5 Å². The first kappa shape index (κ1) is 18.6. The van der Waals surface area contributed by atoms with Crippen molar-refractivity contribution in [3.63, 3.8) is 0 Å². The fourth-order valence-electron chi connectivity index (χ4n) is 3.50. The van der Waals surface area contributed by atoms with Gasteiger partial charge in [-0.25, -0.2) is 4.68 Å². The highest BCUT2D eigenvalue weighted by molar-refractivity contribution is 6.30. The predicted molar refractivity (Wildman–Crippen MR) is 110 cm³/mol. The van der Waals surface area contributed by atoms with Crippen LogP contribution >= 0.6 is 11.6 Å². The number of amides is 1. The van der Waals surface area contributed by atoms with Crippen molar-refractivity contribution in [1.82, 2.24) is 14.7 Å². The van der Waals surface area contributed by atoms with Crippen molar-refractivity contribution in [2.45, 2.75) is 19.3 Å². The SMILES string of the molecule is COc1cccc(-c2cc(C(=O)N3CCCCC3)n(-c3ccc(Cl)cc3)n2)c1. The fourth-order valence-corrected chi connectivity index (χ4v) is 3.62. The van der Waals surface area contributed by atoms with E-state index in [1.54, 1.807) is 23.9 Å². The number of benzene rings is 2. The van der Waals surface area contributed by atoms with E-state index in [2.05, 4.69) is 0 Å². The number of likely N-dealkylation sites (tertiary alicyclic amines) is 1. The maximum Gasteiger partial charge on any atom is 0.272 e. The summed E-state index contributed by atoms with van der Waals surface area (Å²) in [4.78, 5) is 15.2. The Kier molecular flexibility index (Phi) is 5.35. The molecular weight excluding hydrogens is 374 g/mol. The number of carbonyl (C=O) groups excluding carboxylic acids is 1. The Morgan fingerprint density at radius 1 is 1.04 bits per heavy atom. The van der Waals surface area contributed by atoms with Gasteiger partial charge in [0, 0.05) is 23.7 Å². The van der Waals surface area contributed by atoms with Gasteiger partial charge in [0.05, 0.1) is 18.5 Å². The third-order valence-corrected chi connectivity index (χ3v) is 5.26. The molecule has 1 amide bonds. The Bertz CT molecular complexity index is 976. The van der Waals surface area contributed by atoms with Crippen molar-refractivity contribution in [3.8, 4) is 22.7 Å². The second-order valence-corrected chi connectivity index (χ2v) is 7.32. The number of rotatable bonds is 4. The zero-order valence-corrected chi connectivity index (χ0v) is 16.5. The van der Waals surface area contributed by atoms with Crippen molar-refractivity contribution in [1.29, 1.82) is 0 Å². The molecular formula is C22H22ClN3O2. The fraction of sp³-hybridized carbons (Fsp3) is 0.273. The summed E-state index contributed by atoms with van der Waals surface area (Å²) in [6.45, 7) is 1.58. The maximum atomic E-state index is 13.2. The Morgan fingerprint density at radius 3 is 2.50 bits per heavy atom. The highest BCUT2D eigenvalue weighted by atomic mass is 35.5. The predicted octanol–water partition coefficient (Wildman–Crippen LogP) is 4.83. The van der Waals surface area contributed by atoms with Crippen LogP contribution < -0.4 is 4.74 Å². The van der Waals surface area contributed by atoms with Gasteiger partial charge in [-0.2, -0.15) is 5.10 Å². The number of nitrogens with zero attached hydrogens (tertiary/aromatic N) is 3. The van der Waals surface area contributed by atoms with Crippen LogP contribution in [0.4, 0.5) is 0 Å². The third-order valence-electron chi connectivity index (χ3n) is 5.01. The van der Waals surface area contributed by atoms with Crippen LogP contribution in [0.5, 0.6) is 5.75 Å². The second kappa shape index (κ2) is 8.07. The summed E-state index contributed by atoms with van der Waals surface area (Å²) in [6, 6.07) is 16.9. The molecule has 1 aromatic heterocycles. The van der Waals surface area contributed by atoms with Crippen LogP contribution in [0.1, 0.15) is 29.8 Å². The first-order valence-electron chi connectivity index (χ1n) is 9.45. The summed E-state index contributed by atoms with van der Waals surface area (Å²) < 4.78 is 7.04. The molecule has 144 valence electrons. The van der Waals surface area contributed by atoms with E-state index < -0.39 is 0 Å². The number of halogens is 1. The largest absolute Gasteiger partial charge is 0.497 e. The van der Waals surface area contributed by atoms with Gasteiger partial charge in [0.2, 0.25) is 0 Å². The van der Waals surface area contributed by atoms with Crippen LogP contribution in [-0.4, -0.2) is 40.8 Å². The number of hydrogen-bond donors (Lipinski definition) is 0. The number of ether oxygens (including phenoxy) is 1. The van der Waals surface area contributed by atoms with Crippen LogP contribution in [0, 0.1) is 0 Å². The molecule has 1 saturated heterocycles. The van der Waals surface area contributed by atoms with Crippen molar-refractivity contribution < 1.29 is 9.53 Å². The van der Waals surface area contributed by atoms with Gasteiger partial charge in [-0.1, -0.05) is 23.7 Å². The van der Waals surface area contributed by atoms with Crippen LogP contribution in [-0.2, 0) is 0 Å². The molecule has 4 rings (SSSR count). The number of hydrogen-bond acceptors (Lipinski definition) is 3. The standard InChI is InChI=1S/C22H22ClN3O2/c1-28-19-7-5-6-16(14-19)20-15-21(22(27)25-12-3-2-4-13-25)26(24-20)18-10-8-17(23)9-11-18/h5-11,14-15H,2-4,12-13H2,1H3. The molecule has 0 spiro atoms. The number of piperidine rings is 1. The zero-order chi connectivity index (χ0) is 19.5. The molecule has 6 heteroatoms. The molecule has 1 aliphatic rings. The molecule has 3 aromatic rings. The molecule has 1 aliphatic heterocycles. The van der Waals surface area contributed by atoms with Crippen LogP contribution in [0.3, 0.4) is 0 Å². The lowest BCUT2D eigenvalue weighted by Gasteiger charge is -2.26. The van der Waals surface area contributed by atoms with E-state index >= 15 is 0 Å². The molecule has 0 aliphatic carbocycles. The molecule has 0 atom stereocenters. The van der Waals surface area contributed by atoms with Gasteiger partial charge in [0.25, 0.3) is 5.91 Å². The van der Waals surface area contributed by atoms with Crippen LogP contribution in [0.2, 0.25) is 5.02 Å². The van der Waals surface area contributed by atoms with Gasteiger partial charge in [-0.15, -0.1) is 0 Å². The van der Waals surface area contributed by atoms with Crippen molar-refractivity contribution in [3.05, 3.63) is 65.3 Å². The van der Waals surface area contributed by atoms with E-state index in [1.807, 2.05) is 47.4 Å².